The second kappa shape index (κ2) is 8.70. The molecule has 0 saturated carbocycles. The molecule has 2 aromatic rings. The first-order valence-corrected chi connectivity index (χ1v) is 8.39. The van der Waals surface area contributed by atoms with Crippen molar-refractivity contribution < 1.29 is 23.9 Å². The molecule has 140 valence electrons. The third-order valence-electron chi connectivity index (χ3n) is 3.78. The van der Waals surface area contributed by atoms with Crippen LogP contribution in [-0.4, -0.2) is 37.0 Å². The van der Waals surface area contributed by atoms with E-state index in [1.54, 1.807) is 24.3 Å². The second-order valence-corrected chi connectivity index (χ2v) is 5.84. The molecular formula is C19H19N3O5. The van der Waals surface area contributed by atoms with Crippen LogP contribution < -0.4 is 25.6 Å². The number of ether oxygens (including phenoxy) is 2. The Morgan fingerprint density at radius 2 is 1.59 bits per heavy atom. The number of hydrazine groups is 1. The van der Waals surface area contributed by atoms with E-state index in [9.17, 15) is 14.4 Å². The van der Waals surface area contributed by atoms with Gasteiger partial charge in [0.1, 0.15) is 6.61 Å². The summed E-state index contributed by atoms with van der Waals surface area (Å²) in [4.78, 5) is 35.7. The predicted octanol–water partition coefficient (Wildman–Crippen LogP) is 0.333. The summed E-state index contributed by atoms with van der Waals surface area (Å²) in [6.07, 6.45) is -0.708. The normalized spacial score (nSPS) is 14.7. The molecule has 0 aliphatic carbocycles. The maximum Gasteiger partial charge on any atom is 0.283 e. The molecule has 0 aromatic heterocycles. The molecule has 3 N–H and O–H groups in total. The fourth-order valence-electron chi connectivity index (χ4n) is 2.43. The van der Waals surface area contributed by atoms with Crippen molar-refractivity contribution in [2.24, 2.45) is 0 Å². The first-order valence-electron chi connectivity index (χ1n) is 8.39. The zero-order valence-electron chi connectivity index (χ0n) is 14.4. The molecule has 8 nitrogen and oxygen atoms in total. The summed E-state index contributed by atoms with van der Waals surface area (Å²) in [6, 6.07) is 16.2. The summed E-state index contributed by atoms with van der Waals surface area (Å²) >= 11 is 0. The first kappa shape index (κ1) is 18.2. The van der Waals surface area contributed by atoms with Gasteiger partial charge in [0.25, 0.3) is 11.8 Å². The predicted molar refractivity (Wildman–Crippen MR) is 95.8 cm³/mol. The highest BCUT2D eigenvalue weighted by Gasteiger charge is 2.27. The molecule has 0 radical (unpaired) electrons. The average molecular weight is 369 g/mol. The van der Waals surface area contributed by atoms with Crippen LogP contribution in [0.1, 0.15) is 5.56 Å². The SMILES string of the molecule is O=C(Cc1ccccc1)NCC(=O)NNC(=O)C1COc2ccccc2O1. The Morgan fingerprint density at radius 1 is 0.889 bits per heavy atom. The number of hydrogen-bond donors (Lipinski definition) is 3. The summed E-state index contributed by atoms with van der Waals surface area (Å²) in [6.45, 7) is -0.219. The summed E-state index contributed by atoms with van der Waals surface area (Å²) in [5, 5.41) is 2.49. The van der Waals surface area contributed by atoms with Gasteiger partial charge in [-0.2, -0.15) is 0 Å². The summed E-state index contributed by atoms with van der Waals surface area (Å²) < 4.78 is 11.0. The van der Waals surface area contributed by atoms with E-state index in [4.69, 9.17) is 9.47 Å². The molecule has 1 heterocycles. The lowest BCUT2D eigenvalue weighted by atomic mass is 10.1. The third kappa shape index (κ3) is 5.21. The van der Waals surface area contributed by atoms with E-state index < -0.39 is 17.9 Å². The van der Waals surface area contributed by atoms with E-state index in [0.717, 1.165) is 5.56 Å². The largest absolute Gasteiger partial charge is 0.485 e. The summed E-state index contributed by atoms with van der Waals surface area (Å²) in [7, 11) is 0. The number of carbonyl (C=O) groups excluding carboxylic acids is 3. The quantitative estimate of drug-likeness (QED) is 0.659. The van der Waals surface area contributed by atoms with Crippen LogP contribution in [0.15, 0.2) is 54.6 Å². The maximum absolute atomic E-state index is 12.1. The van der Waals surface area contributed by atoms with Gasteiger partial charge >= 0.3 is 0 Å². The van der Waals surface area contributed by atoms with Crippen LogP contribution in [0.5, 0.6) is 11.5 Å². The number of hydrogen-bond acceptors (Lipinski definition) is 5. The monoisotopic (exact) mass is 369 g/mol. The number of amides is 3. The third-order valence-corrected chi connectivity index (χ3v) is 3.78. The zero-order chi connectivity index (χ0) is 19.1. The number of carbonyl (C=O) groups is 3. The van der Waals surface area contributed by atoms with Gasteiger partial charge in [0.15, 0.2) is 11.5 Å². The van der Waals surface area contributed by atoms with Gasteiger partial charge < -0.3 is 14.8 Å². The van der Waals surface area contributed by atoms with Gasteiger partial charge in [0.2, 0.25) is 12.0 Å². The van der Waals surface area contributed by atoms with Crippen LogP contribution in [-0.2, 0) is 20.8 Å². The number of rotatable bonds is 5. The standard InChI is InChI=1S/C19H19N3O5/c23-17(10-13-6-2-1-3-7-13)20-11-18(24)21-22-19(25)16-12-26-14-8-4-5-9-15(14)27-16/h1-9,16H,10-12H2,(H,20,23)(H,21,24)(H,22,25). The highest BCUT2D eigenvalue weighted by Crippen LogP contribution is 2.30. The Morgan fingerprint density at radius 3 is 2.37 bits per heavy atom. The van der Waals surface area contributed by atoms with E-state index in [0.29, 0.717) is 11.5 Å². The van der Waals surface area contributed by atoms with Crippen LogP contribution in [0, 0.1) is 0 Å². The van der Waals surface area contributed by atoms with Crippen molar-refractivity contribution in [1.82, 2.24) is 16.2 Å². The van der Waals surface area contributed by atoms with Gasteiger partial charge in [-0.1, -0.05) is 42.5 Å². The second-order valence-electron chi connectivity index (χ2n) is 5.84. The van der Waals surface area contributed by atoms with Crippen molar-refractivity contribution in [3.05, 3.63) is 60.2 Å². The van der Waals surface area contributed by atoms with Gasteiger partial charge in [-0.3, -0.25) is 25.2 Å². The van der Waals surface area contributed by atoms with Crippen LogP contribution >= 0.6 is 0 Å². The molecule has 3 rings (SSSR count). The van der Waals surface area contributed by atoms with E-state index in [1.807, 2.05) is 30.3 Å². The molecule has 1 atom stereocenters. The fourth-order valence-corrected chi connectivity index (χ4v) is 2.43. The maximum atomic E-state index is 12.1. The van der Waals surface area contributed by atoms with Gasteiger partial charge in [0.05, 0.1) is 13.0 Å². The van der Waals surface area contributed by atoms with E-state index in [2.05, 4.69) is 16.2 Å². The highest BCUT2D eigenvalue weighted by atomic mass is 16.6. The lowest BCUT2D eigenvalue weighted by molar-refractivity contribution is -0.135. The van der Waals surface area contributed by atoms with Crippen LogP contribution in [0.4, 0.5) is 0 Å². The molecule has 1 aliphatic heterocycles. The minimum Gasteiger partial charge on any atom is -0.485 e. The van der Waals surface area contributed by atoms with Crippen LogP contribution in [0.25, 0.3) is 0 Å². The zero-order valence-corrected chi connectivity index (χ0v) is 14.4. The van der Waals surface area contributed by atoms with Crippen molar-refractivity contribution in [2.45, 2.75) is 12.5 Å². The fraction of sp³-hybridized carbons (Fsp3) is 0.211. The number of fused-ring (bicyclic) bond motifs is 1. The number of benzene rings is 2. The van der Waals surface area contributed by atoms with Crippen LogP contribution in [0.2, 0.25) is 0 Å². The first-order chi connectivity index (χ1) is 13.1. The van der Waals surface area contributed by atoms with E-state index in [-0.39, 0.29) is 25.5 Å². The van der Waals surface area contributed by atoms with Gasteiger partial charge in [-0.15, -0.1) is 0 Å². The lowest BCUT2D eigenvalue weighted by Crippen LogP contribution is -2.52. The Bertz CT molecular complexity index is 825. The summed E-state index contributed by atoms with van der Waals surface area (Å²) in [5.74, 6) is -0.367. The molecule has 0 saturated heterocycles. The topological polar surface area (TPSA) is 106 Å². The van der Waals surface area contributed by atoms with E-state index in [1.165, 1.54) is 0 Å². The lowest BCUT2D eigenvalue weighted by Gasteiger charge is -2.25. The Kier molecular flexibility index (Phi) is 5.88. The van der Waals surface area contributed by atoms with E-state index >= 15 is 0 Å². The smallest absolute Gasteiger partial charge is 0.283 e. The molecule has 3 amide bonds. The van der Waals surface area contributed by atoms with Gasteiger partial charge in [-0.05, 0) is 17.7 Å². The number of nitrogens with one attached hydrogen (secondary N) is 3. The molecule has 1 aliphatic rings. The average Bonchev–Trinajstić information content (AvgIpc) is 2.71. The summed E-state index contributed by atoms with van der Waals surface area (Å²) in [5.41, 5.74) is 5.34. The van der Waals surface area contributed by atoms with Gasteiger partial charge in [0, 0.05) is 0 Å². The molecule has 0 fully saturated rings. The highest BCUT2D eigenvalue weighted by molar-refractivity contribution is 5.88. The molecular weight excluding hydrogens is 350 g/mol. The Hall–Kier alpha value is -3.55. The molecule has 1 unspecified atom stereocenters. The molecule has 0 spiro atoms. The minimum absolute atomic E-state index is 0.0343. The van der Waals surface area contributed by atoms with Crippen molar-refractivity contribution >= 4 is 17.7 Å². The Balaban J connectivity index is 1.38. The van der Waals surface area contributed by atoms with Crippen LogP contribution in [0.3, 0.4) is 0 Å². The van der Waals surface area contributed by atoms with Gasteiger partial charge in [-0.25, -0.2) is 0 Å². The molecule has 27 heavy (non-hydrogen) atoms. The number of para-hydroxylation sites is 2. The Labute approximate surface area is 155 Å². The minimum atomic E-state index is -0.882. The van der Waals surface area contributed by atoms with Crippen molar-refractivity contribution in [3.8, 4) is 11.5 Å². The molecule has 8 heteroatoms. The van der Waals surface area contributed by atoms with Crippen molar-refractivity contribution in [2.75, 3.05) is 13.2 Å². The molecule has 2 aromatic carbocycles. The molecule has 0 bridgehead atoms. The van der Waals surface area contributed by atoms with Crippen molar-refractivity contribution in [1.29, 1.82) is 0 Å². The van der Waals surface area contributed by atoms with Crippen molar-refractivity contribution in [3.63, 3.8) is 0 Å².